The summed E-state index contributed by atoms with van der Waals surface area (Å²) in [5.74, 6) is 0.790. The number of hydrogen-bond acceptors (Lipinski definition) is 4. The highest BCUT2D eigenvalue weighted by atomic mass is 16.6. The minimum atomic E-state index is -0.354. The first-order valence-electron chi connectivity index (χ1n) is 6.79. The van der Waals surface area contributed by atoms with Gasteiger partial charge in [0.1, 0.15) is 0 Å². The minimum Gasteiger partial charge on any atom is -0.319 e. The molecule has 1 aliphatic rings. The molecule has 1 aromatic carbocycles. The number of benzene rings is 1. The Morgan fingerprint density at radius 3 is 2.47 bits per heavy atom. The maximum Gasteiger partial charge on any atom is 0.269 e. The van der Waals surface area contributed by atoms with Crippen LogP contribution in [0.1, 0.15) is 18.4 Å². The van der Waals surface area contributed by atoms with E-state index in [4.69, 9.17) is 0 Å². The molecule has 1 aromatic rings. The zero-order valence-electron chi connectivity index (χ0n) is 11.3. The molecule has 0 unspecified atom stereocenters. The molecular formula is C14H21N3O2. The van der Waals surface area contributed by atoms with Gasteiger partial charge in [0, 0.05) is 18.7 Å². The lowest BCUT2D eigenvalue weighted by Crippen LogP contribution is -2.36. The van der Waals surface area contributed by atoms with Gasteiger partial charge in [-0.15, -0.1) is 0 Å². The van der Waals surface area contributed by atoms with E-state index in [1.54, 1.807) is 12.1 Å². The van der Waals surface area contributed by atoms with Crippen LogP contribution in [0.3, 0.4) is 0 Å². The fourth-order valence-electron chi connectivity index (χ4n) is 2.62. The van der Waals surface area contributed by atoms with Crippen molar-refractivity contribution >= 4 is 5.69 Å². The predicted molar refractivity (Wildman–Crippen MR) is 75.0 cm³/mol. The number of likely N-dealkylation sites (tertiary alicyclic amines) is 1. The normalized spacial score (nSPS) is 17.5. The van der Waals surface area contributed by atoms with Crippen molar-refractivity contribution in [2.75, 3.05) is 26.7 Å². The highest BCUT2D eigenvalue weighted by Gasteiger charge is 2.18. The third-order valence-electron chi connectivity index (χ3n) is 3.75. The number of nitrogens with zero attached hydrogens (tertiary/aromatic N) is 2. The van der Waals surface area contributed by atoms with E-state index in [-0.39, 0.29) is 10.6 Å². The van der Waals surface area contributed by atoms with Crippen LogP contribution in [-0.2, 0) is 6.54 Å². The molecule has 0 aliphatic carbocycles. The van der Waals surface area contributed by atoms with Crippen molar-refractivity contribution in [1.82, 2.24) is 10.2 Å². The van der Waals surface area contributed by atoms with E-state index < -0.39 is 0 Å². The molecule has 0 saturated carbocycles. The Bertz CT molecular complexity index is 411. The first kappa shape index (κ1) is 14.0. The molecule has 0 aromatic heterocycles. The van der Waals surface area contributed by atoms with Gasteiger partial charge in [-0.3, -0.25) is 15.0 Å². The van der Waals surface area contributed by atoms with Gasteiger partial charge in [-0.05, 0) is 51.0 Å². The van der Waals surface area contributed by atoms with E-state index in [1.165, 1.54) is 12.8 Å². The third kappa shape index (κ3) is 4.01. The lowest BCUT2D eigenvalue weighted by molar-refractivity contribution is -0.384. The smallest absolute Gasteiger partial charge is 0.269 e. The molecule has 19 heavy (non-hydrogen) atoms. The summed E-state index contributed by atoms with van der Waals surface area (Å²) in [5.41, 5.74) is 1.31. The van der Waals surface area contributed by atoms with Gasteiger partial charge in [-0.1, -0.05) is 12.1 Å². The van der Waals surface area contributed by atoms with Crippen LogP contribution in [0.25, 0.3) is 0 Å². The van der Waals surface area contributed by atoms with E-state index in [2.05, 4.69) is 10.2 Å². The molecule has 5 heteroatoms. The van der Waals surface area contributed by atoms with Crippen molar-refractivity contribution in [2.24, 2.45) is 5.92 Å². The fourth-order valence-corrected chi connectivity index (χ4v) is 2.62. The third-order valence-corrected chi connectivity index (χ3v) is 3.75. The first-order valence-corrected chi connectivity index (χ1v) is 6.79. The number of hydrogen-bond donors (Lipinski definition) is 1. The van der Waals surface area contributed by atoms with Gasteiger partial charge in [-0.2, -0.15) is 0 Å². The van der Waals surface area contributed by atoms with Crippen LogP contribution in [0.5, 0.6) is 0 Å². The lowest BCUT2D eigenvalue weighted by atomic mass is 9.96. The van der Waals surface area contributed by atoms with Gasteiger partial charge in [0.25, 0.3) is 5.69 Å². The molecule has 0 atom stereocenters. The Labute approximate surface area is 113 Å². The second-order valence-corrected chi connectivity index (χ2v) is 5.20. The molecule has 1 fully saturated rings. The number of piperidine rings is 1. The number of nitro groups is 1. The summed E-state index contributed by atoms with van der Waals surface area (Å²) in [4.78, 5) is 12.7. The van der Waals surface area contributed by atoms with Crippen molar-refractivity contribution in [2.45, 2.75) is 19.4 Å². The average Bonchev–Trinajstić information content (AvgIpc) is 2.42. The van der Waals surface area contributed by atoms with Crippen LogP contribution in [0.2, 0.25) is 0 Å². The largest absolute Gasteiger partial charge is 0.319 e. The number of nitrogens with one attached hydrogen (secondary N) is 1. The summed E-state index contributed by atoms with van der Waals surface area (Å²) >= 11 is 0. The fraction of sp³-hybridized carbons (Fsp3) is 0.571. The zero-order valence-corrected chi connectivity index (χ0v) is 11.3. The maximum atomic E-state index is 10.6. The van der Waals surface area contributed by atoms with Crippen LogP contribution < -0.4 is 5.32 Å². The van der Waals surface area contributed by atoms with Crippen LogP contribution in [0.15, 0.2) is 24.3 Å². The Morgan fingerprint density at radius 2 is 1.95 bits per heavy atom. The minimum absolute atomic E-state index is 0.163. The van der Waals surface area contributed by atoms with E-state index >= 15 is 0 Å². The van der Waals surface area contributed by atoms with Crippen LogP contribution in [-0.4, -0.2) is 36.5 Å². The summed E-state index contributed by atoms with van der Waals surface area (Å²) in [7, 11) is 2.00. The molecule has 0 spiro atoms. The van der Waals surface area contributed by atoms with Gasteiger partial charge < -0.3 is 5.32 Å². The van der Waals surface area contributed by atoms with Crippen LogP contribution >= 0.6 is 0 Å². The highest BCUT2D eigenvalue weighted by molar-refractivity contribution is 5.32. The van der Waals surface area contributed by atoms with Gasteiger partial charge in [0.2, 0.25) is 0 Å². The molecule has 5 nitrogen and oxygen atoms in total. The quantitative estimate of drug-likeness (QED) is 0.652. The SMILES string of the molecule is CNCC1CCN(Cc2ccc([N+](=O)[O-])cc2)CC1. The molecule has 2 rings (SSSR count). The molecule has 1 N–H and O–H groups in total. The zero-order chi connectivity index (χ0) is 13.7. The summed E-state index contributed by atoms with van der Waals surface area (Å²) < 4.78 is 0. The summed E-state index contributed by atoms with van der Waals surface area (Å²) in [6.45, 7) is 4.22. The molecule has 104 valence electrons. The Kier molecular flexibility index (Phi) is 4.87. The van der Waals surface area contributed by atoms with E-state index in [0.717, 1.165) is 37.7 Å². The Morgan fingerprint density at radius 1 is 1.32 bits per heavy atom. The van der Waals surface area contributed by atoms with Crippen LogP contribution in [0, 0.1) is 16.0 Å². The predicted octanol–water partition coefficient (Wildman–Crippen LogP) is 2.03. The van der Waals surface area contributed by atoms with Crippen molar-refractivity contribution in [3.8, 4) is 0 Å². The van der Waals surface area contributed by atoms with Crippen molar-refractivity contribution in [3.63, 3.8) is 0 Å². The second-order valence-electron chi connectivity index (χ2n) is 5.20. The number of rotatable bonds is 5. The Balaban J connectivity index is 1.83. The lowest BCUT2D eigenvalue weighted by Gasteiger charge is -2.31. The molecule has 0 bridgehead atoms. The standard InChI is InChI=1S/C14H21N3O2/c1-15-10-12-6-8-16(9-7-12)11-13-2-4-14(5-3-13)17(18)19/h2-5,12,15H,6-11H2,1H3. The summed E-state index contributed by atoms with van der Waals surface area (Å²) in [6.07, 6.45) is 2.46. The first-order chi connectivity index (χ1) is 9.19. The maximum absolute atomic E-state index is 10.6. The van der Waals surface area contributed by atoms with Gasteiger partial charge >= 0.3 is 0 Å². The number of non-ortho nitro benzene ring substituents is 1. The van der Waals surface area contributed by atoms with Gasteiger partial charge in [0.15, 0.2) is 0 Å². The molecular weight excluding hydrogens is 242 g/mol. The molecule has 1 aliphatic heterocycles. The van der Waals surface area contributed by atoms with E-state index in [1.807, 2.05) is 19.2 Å². The average molecular weight is 263 g/mol. The molecule has 1 saturated heterocycles. The van der Waals surface area contributed by atoms with Crippen molar-refractivity contribution in [3.05, 3.63) is 39.9 Å². The van der Waals surface area contributed by atoms with Crippen molar-refractivity contribution in [1.29, 1.82) is 0 Å². The van der Waals surface area contributed by atoms with Gasteiger partial charge in [0.05, 0.1) is 4.92 Å². The van der Waals surface area contributed by atoms with Crippen molar-refractivity contribution < 1.29 is 4.92 Å². The summed E-state index contributed by atoms with van der Waals surface area (Å²) in [6, 6.07) is 6.89. The number of nitro benzene ring substituents is 1. The second kappa shape index (κ2) is 6.63. The topological polar surface area (TPSA) is 58.4 Å². The molecule has 1 heterocycles. The Hall–Kier alpha value is -1.46. The summed E-state index contributed by atoms with van der Waals surface area (Å²) in [5, 5.41) is 13.8. The van der Waals surface area contributed by atoms with Crippen LogP contribution in [0.4, 0.5) is 5.69 Å². The molecule has 0 amide bonds. The highest BCUT2D eigenvalue weighted by Crippen LogP contribution is 2.19. The van der Waals surface area contributed by atoms with E-state index in [9.17, 15) is 10.1 Å². The van der Waals surface area contributed by atoms with E-state index in [0.29, 0.717) is 0 Å². The van der Waals surface area contributed by atoms with Gasteiger partial charge in [-0.25, -0.2) is 0 Å². The monoisotopic (exact) mass is 263 g/mol. The molecule has 0 radical (unpaired) electrons.